The van der Waals surface area contributed by atoms with Gasteiger partial charge in [-0.15, -0.1) is 0 Å². The fourth-order valence-electron chi connectivity index (χ4n) is 2.37. The van der Waals surface area contributed by atoms with Crippen LogP contribution < -0.4 is 9.80 Å². The first kappa shape index (κ1) is 14.4. The summed E-state index contributed by atoms with van der Waals surface area (Å²) in [6.07, 6.45) is 0. The number of carbonyl (C=O) groups excluding carboxylic acids is 2. The van der Waals surface area contributed by atoms with Crippen LogP contribution in [-0.4, -0.2) is 18.9 Å². The lowest BCUT2D eigenvalue weighted by atomic mass is 10.2. The van der Waals surface area contributed by atoms with Crippen molar-refractivity contribution in [3.8, 4) is 0 Å². The van der Waals surface area contributed by atoms with E-state index in [9.17, 15) is 9.59 Å². The molecule has 5 heteroatoms. The van der Waals surface area contributed by atoms with Crippen LogP contribution >= 0.6 is 11.6 Å². The fraction of sp³-hybridized carbons (Fsp3) is 0.0588. The van der Waals surface area contributed by atoms with E-state index in [1.807, 2.05) is 36.4 Å². The SMILES string of the molecule is CN(C1=C(Cl)C(=O)N(c2ccccc2)C1=O)c1ccccc1. The average molecular weight is 313 g/mol. The Morgan fingerprint density at radius 3 is 2.00 bits per heavy atom. The molecule has 22 heavy (non-hydrogen) atoms. The van der Waals surface area contributed by atoms with Gasteiger partial charge in [0.15, 0.2) is 0 Å². The van der Waals surface area contributed by atoms with E-state index >= 15 is 0 Å². The smallest absolute Gasteiger partial charge is 0.283 e. The van der Waals surface area contributed by atoms with E-state index in [4.69, 9.17) is 11.6 Å². The summed E-state index contributed by atoms with van der Waals surface area (Å²) in [6.45, 7) is 0. The van der Waals surface area contributed by atoms with Crippen LogP contribution in [-0.2, 0) is 9.59 Å². The maximum Gasteiger partial charge on any atom is 0.283 e. The van der Waals surface area contributed by atoms with Gasteiger partial charge in [-0.3, -0.25) is 9.59 Å². The van der Waals surface area contributed by atoms with Crippen molar-refractivity contribution in [1.29, 1.82) is 0 Å². The summed E-state index contributed by atoms with van der Waals surface area (Å²) in [5.74, 6) is -0.928. The third kappa shape index (κ3) is 2.27. The van der Waals surface area contributed by atoms with Gasteiger partial charge in [0.25, 0.3) is 11.8 Å². The van der Waals surface area contributed by atoms with Crippen molar-refractivity contribution < 1.29 is 9.59 Å². The summed E-state index contributed by atoms with van der Waals surface area (Å²) >= 11 is 6.14. The van der Waals surface area contributed by atoms with Gasteiger partial charge in [-0.05, 0) is 24.3 Å². The number of rotatable bonds is 3. The summed E-state index contributed by atoms with van der Waals surface area (Å²) < 4.78 is 0. The van der Waals surface area contributed by atoms with Crippen molar-refractivity contribution in [2.75, 3.05) is 16.8 Å². The molecule has 4 nitrogen and oxygen atoms in total. The van der Waals surface area contributed by atoms with E-state index in [2.05, 4.69) is 0 Å². The van der Waals surface area contributed by atoms with Crippen molar-refractivity contribution in [3.05, 3.63) is 71.4 Å². The lowest BCUT2D eigenvalue weighted by Crippen LogP contribution is -2.34. The van der Waals surface area contributed by atoms with Gasteiger partial charge in [0.2, 0.25) is 0 Å². The molecule has 1 aliphatic heterocycles. The number of likely N-dealkylation sites (N-methyl/N-ethyl adjacent to an activating group) is 1. The van der Waals surface area contributed by atoms with Crippen LogP contribution in [0.3, 0.4) is 0 Å². The highest BCUT2D eigenvalue weighted by Crippen LogP contribution is 2.32. The van der Waals surface area contributed by atoms with Gasteiger partial charge in [-0.25, -0.2) is 4.90 Å². The molecule has 0 saturated carbocycles. The highest BCUT2D eigenvalue weighted by Gasteiger charge is 2.40. The Morgan fingerprint density at radius 1 is 0.864 bits per heavy atom. The van der Waals surface area contributed by atoms with E-state index in [0.717, 1.165) is 10.6 Å². The predicted octanol–water partition coefficient (Wildman–Crippen LogP) is 3.15. The molecule has 0 aromatic heterocycles. The van der Waals surface area contributed by atoms with Crippen LogP contribution in [0.15, 0.2) is 71.4 Å². The van der Waals surface area contributed by atoms with Crippen molar-refractivity contribution in [2.24, 2.45) is 0 Å². The third-order valence-corrected chi connectivity index (χ3v) is 3.84. The van der Waals surface area contributed by atoms with Crippen LogP contribution in [0.4, 0.5) is 11.4 Å². The predicted molar refractivity (Wildman–Crippen MR) is 86.7 cm³/mol. The first-order valence-corrected chi connectivity index (χ1v) is 7.11. The normalized spacial score (nSPS) is 14.7. The van der Waals surface area contributed by atoms with Gasteiger partial charge in [-0.2, -0.15) is 0 Å². The van der Waals surface area contributed by atoms with Crippen molar-refractivity contribution in [2.45, 2.75) is 0 Å². The second-order valence-corrected chi connectivity index (χ2v) is 5.22. The average Bonchev–Trinajstić information content (AvgIpc) is 2.78. The first-order chi connectivity index (χ1) is 10.6. The molecule has 2 aromatic rings. The van der Waals surface area contributed by atoms with Crippen molar-refractivity contribution in [1.82, 2.24) is 0 Å². The minimum absolute atomic E-state index is 0.0693. The lowest BCUT2D eigenvalue weighted by Gasteiger charge is -2.21. The zero-order valence-electron chi connectivity index (χ0n) is 11.9. The minimum atomic E-state index is -0.504. The molecule has 0 radical (unpaired) electrons. The molecule has 1 heterocycles. The number of amides is 2. The fourth-order valence-corrected chi connectivity index (χ4v) is 2.67. The van der Waals surface area contributed by atoms with Crippen molar-refractivity contribution >= 4 is 34.8 Å². The van der Waals surface area contributed by atoms with E-state index < -0.39 is 11.8 Å². The zero-order chi connectivity index (χ0) is 15.7. The molecule has 0 saturated heterocycles. The number of imide groups is 1. The molecule has 0 N–H and O–H groups in total. The molecule has 1 aliphatic rings. The topological polar surface area (TPSA) is 40.6 Å². The molecular weight excluding hydrogens is 300 g/mol. The summed E-state index contributed by atoms with van der Waals surface area (Å²) in [5, 5.41) is -0.0693. The Kier molecular flexibility index (Phi) is 3.69. The molecule has 3 rings (SSSR count). The standard InChI is InChI=1S/C17H13ClN2O2/c1-19(12-8-4-2-5-9-12)15-14(18)16(21)20(17(15)22)13-10-6-3-7-11-13/h2-11H,1H3. The van der Waals surface area contributed by atoms with Gasteiger partial charge in [-0.1, -0.05) is 48.0 Å². The van der Waals surface area contributed by atoms with Crippen LogP contribution in [0.1, 0.15) is 0 Å². The Morgan fingerprint density at radius 2 is 1.41 bits per heavy atom. The van der Waals surface area contributed by atoms with E-state index in [0.29, 0.717) is 5.69 Å². The van der Waals surface area contributed by atoms with Crippen LogP contribution in [0.5, 0.6) is 0 Å². The molecular formula is C17H13ClN2O2. The largest absolute Gasteiger partial charge is 0.339 e. The van der Waals surface area contributed by atoms with Crippen LogP contribution in [0.2, 0.25) is 0 Å². The second kappa shape index (κ2) is 5.66. The lowest BCUT2D eigenvalue weighted by molar-refractivity contribution is -0.120. The van der Waals surface area contributed by atoms with Gasteiger partial charge in [0.05, 0.1) is 5.69 Å². The number of anilines is 2. The summed E-state index contributed by atoms with van der Waals surface area (Å²) in [5.41, 5.74) is 1.47. The summed E-state index contributed by atoms with van der Waals surface area (Å²) in [6, 6.07) is 18.0. The number of para-hydroxylation sites is 2. The number of hydrogen-bond acceptors (Lipinski definition) is 3. The maximum absolute atomic E-state index is 12.7. The van der Waals surface area contributed by atoms with Gasteiger partial charge in [0, 0.05) is 12.7 Å². The quantitative estimate of drug-likeness (QED) is 0.818. The van der Waals surface area contributed by atoms with E-state index in [-0.39, 0.29) is 10.7 Å². The van der Waals surface area contributed by atoms with E-state index in [1.165, 1.54) is 0 Å². The Hall–Kier alpha value is -2.59. The minimum Gasteiger partial charge on any atom is -0.339 e. The highest BCUT2D eigenvalue weighted by molar-refractivity contribution is 6.53. The Balaban J connectivity index is 1.99. The molecule has 0 atom stereocenters. The third-order valence-electron chi connectivity index (χ3n) is 3.50. The van der Waals surface area contributed by atoms with Gasteiger partial charge >= 0.3 is 0 Å². The number of carbonyl (C=O) groups is 2. The molecule has 0 aliphatic carbocycles. The second-order valence-electron chi connectivity index (χ2n) is 4.84. The zero-order valence-corrected chi connectivity index (χ0v) is 12.6. The van der Waals surface area contributed by atoms with Crippen LogP contribution in [0, 0.1) is 0 Å². The maximum atomic E-state index is 12.7. The summed E-state index contributed by atoms with van der Waals surface area (Å²) in [7, 11) is 1.72. The number of halogens is 1. The number of benzene rings is 2. The molecule has 0 bridgehead atoms. The van der Waals surface area contributed by atoms with Crippen LogP contribution in [0.25, 0.3) is 0 Å². The number of hydrogen-bond donors (Lipinski definition) is 0. The highest BCUT2D eigenvalue weighted by atomic mass is 35.5. The molecule has 110 valence electrons. The number of nitrogens with zero attached hydrogens (tertiary/aromatic N) is 2. The molecule has 0 unspecified atom stereocenters. The molecule has 0 fully saturated rings. The molecule has 2 amide bonds. The Bertz CT molecular complexity index is 757. The van der Waals surface area contributed by atoms with Crippen molar-refractivity contribution in [3.63, 3.8) is 0 Å². The monoisotopic (exact) mass is 312 g/mol. The summed E-state index contributed by atoms with van der Waals surface area (Å²) in [4.78, 5) is 27.7. The first-order valence-electron chi connectivity index (χ1n) is 6.73. The Labute approximate surface area is 133 Å². The molecule has 0 spiro atoms. The van der Waals surface area contributed by atoms with Gasteiger partial charge in [0.1, 0.15) is 10.7 Å². The van der Waals surface area contributed by atoms with E-state index in [1.54, 1.807) is 36.2 Å². The molecule has 2 aromatic carbocycles. The van der Waals surface area contributed by atoms with Gasteiger partial charge < -0.3 is 4.90 Å².